The topological polar surface area (TPSA) is 73.0 Å². The smallest absolute Gasteiger partial charge is 0.251 e. The number of hydrogen-bond donors (Lipinski definition) is 1. The summed E-state index contributed by atoms with van der Waals surface area (Å²) in [7, 11) is -3.59. The van der Waals surface area contributed by atoms with E-state index in [1.54, 1.807) is 22.5 Å². The Hall–Kier alpha value is -1.48. The van der Waals surface area contributed by atoms with Gasteiger partial charge in [0.25, 0.3) is 5.91 Å². The Morgan fingerprint density at radius 3 is 2.35 bits per heavy atom. The lowest BCUT2D eigenvalue weighted by molar-refractivity contribution is 0.0948. The summed E-state index contributed by atoms with van der Waals surface area (Å²) >= 11 is 0. The molecule has 2 fully saturated rings. The molecule has 0 bridgehead atoms. The van der Waals surface area contributed by atoms with E-state index in [1.165, 1.54) is 6.07 Å². The first kappa shape index (κ1) is 24.2. The lowest BCUT2D eigenvalue weighted by Crippen LogP contribution is -2.46. The van der Waals surface area contributed by atoms with Crippen LogP contribution >= 0.6 is 0 Å². The Kier molecular flexibility index (Phi) is 8.50. The highest BCUT2D eigenvalue weighted by Crippen LogP contribution is 2.27. The Morgan fingerprint density at radius 2 is 1.71 bits per heavy atom. The molecule has 0 saturated carbocycles. The van der Waals surface area contributed by atoms with Crippen LogP contribution in [-0.4, -0.2) is 87.3 Å². The van der Waals surface area contributed by atoms with Gasteiger partial charge in [0.15, 0.2) is 0 Å². The number of nitrogens with zero attached hydrogens (tertiary/aromatic N) is 3. The molecule has 174 valence electrons. The van der Waals surface area contributed by atoms with Crippen molar-refractivity contribution in [1.29, 1.82) is 0 Å². The highest BCUT2D eigenvalue weighted by atomic mass is 32.2. The number of carbonyl (C=O) groups excluding carboxylic acids is 1. The molecule has 0 aromatic heterocycles. The second-order valence-electron chi connectivity index (χ2n) is 9.18. The Bertz CT molecular complexity index is 827. The zero-order valence-electron chi connectivity index (χ0n) is 19.2. The van der Waals surface area contributed by atoms with E-state index in [1.807, 2.05) is 0 Å². The average Bonchev–Trinajstić information content (AvgIpc) is 2.76. The quantitative estimate of drug-likeness (QED) is 0.614. The van der Waals surface area contributed by atoms with Gasteiger partial charge in [-0.25, -0.2) is 8.42 Å². The SMILES string of the molecule is CCN1CCN(CCCNC(=O)c2cccc(S(=O)(=O)N3CC(C)CC(C)C3)c2)CC1. The van der Waals surface area contributed by atoms with E-state index in [9.17, 15) is 13.2 Å². The third-order valence-corrected chi connectivity index (χ3v) is 8.25. The fourth-order valence-corrected chi connectivity index (χ4v) is 6.41. The van der Waals surface area contributed by atoms with Gasteiger partial charge in [-0.2, -0.15) is 4.31 Å². The van der Waals surface area contributed by atoms with Crippen LogP contribution in [-0.2, 0) is 10.0 Å². The van der Waals surface area contributed by atoms with Gasteiger partial charge in [-0.1, -0.05) is 26.8 Å². The molecule has 3 rings (SSSR count). The summed E-state index contributed by atoms with van der Waals surface area (Å²) in [4.78, 5) is 17.7. The average molecular weight is 451 g/mol. The molecule has 1 N–H and O–H groups in total. The third-order valence-electron chi connectivity index (χ3n) is 6.42. The normalized spacial score (nSPS) is 24.2. The van der Waals surface area contributed by atoms with Gasteiger partial charge in [0.2, 0.25) is 10.0 Å². The van der Waals surface area contributed by atoms with Crippen molar-refractivity contribution in [3.05, 3.63) is 29.8 Å². The highest BCUT2D eigenvalue weighted by Gasteiger charge is 2.32. The number of amides is 1. The van der Waals surface area contributed by atoms with Crippen LogP contribution in [0.2, 0.25) is 0 Å². The van der Waals surface area contributed by atoms with E-state index < -0.39 is 10.0 Å². The molecule has 1 aromatic rings. The first-order chi connectivity index (χ1) is 14.8. The summed E-state index contributed by atoms with van der Waals surface area (Å²) in [5.74, 6) is 0.471. The number of hydrogen-bond acceptors (Lipinski definition) is 5. The van der Waals surface area contributed by atoms with Crippen LogP contribution in [0.4, 0.5) is 0 Å². The fourth-order valence-electron chi connectivity index (χ4n) is 4.68. The van der Waals surface area contributed by atoms with Crippen molar-refractivity contribution < 1.29 is 13.2 Å². The number of sulfonamides is 1. The van der Waals surface area contributed by atoms with Crippen LogP contribution in [0.15, 0.2) is 29.2 Å². The second kappa shape index (κ2) is 10.9. The number of piperazine rings is 1. The number of carbonyl (C=O) groups is 1. The summed E-state index contributed by atoms with van der Waals surface area (Å²) in [6, 6.07) is 6.44. The second-order valence-corrected chi connectivity index (χ2v) is 11.1. The van der Waals surface area contributed by atoms with Crippen molar-refractivity contribution in [2.45, 2.75) is 38.5 Å². The van der Waals surface area contributed by atoms with Crippen LogP contribution in [0.3, 0.4) is 0 Å². The molecular formula is C23H38N4O3S. The van der Waals surface area contributed by atoms with Crippen molar-refractivity contribution in [2.75, 3.05) is 58.9 Å². The van der Waals surface area contributed by atoms with E-state index in [0.29, 0.717) is 37.0 Å². The molecule has 2 heterocycles. The van der Waals surface area contributed by atoms with Crippen molar-refractivity contribution in [1.82, 2.24) is 19.4 Å². The maximum atomic E-state index is 13.1. The van der Waals surface area contributed by atoms with E-state index in [-0.39, 0.29) is 10.8 Å². The predicted molar refractivity (Wildman–Crippen MR) is 124 cm³/mol. The number of benzene rings is 1. The molecule has 0 radical (unpaired) electrons. The van der Waals surface area contributed by atoms with Crippen LogP contribution in [0.5, 0.6) is 0 Å². The lowest BCUT2D eigenvalue weighted by Gasteiger charge is -2.34. The van der Waals surface area contributed by atoms with Crippen molar-refractivity contribution in [2.24, 2.45) is 11.8 Å². The Morgan fingerprint density at radius 1 is 1.06 bits per heavy atom. The monoisotopic (exact) mass is 450 g/mol. The summed E-state index contributed by atoms with van der Waals surface area (Å²) in [5, 5.41) is 2.95. The molecule has 2 saturated heterocycles. The van der Waals surface area contributed by atoms with Crippen LogP contribution < -0.4 is 5.32 Å². The van der Waals surface area contributed by atoms with Gasteiger partial charge in [0.05, 0.1) is 4.90 Å². The third kappa shape index (κ3) is 6.51. The van der Waals surface area contributed by atoms with Crippen molar-refractivity contribution in [3.63, 3.8) is 0 Å². The standard InChI is InChI=1S/C23H38N4O3S/c1-4-25-11-13-26(14-12-25)10-6-9-24-23(28)21-7-5-8-22(16-21)31(29,30)27-17-19(2)15-20(3)18-27/h5,7-8,16,19-20H,4,6,9-15,17-18H2,1-3H3,(H,24,28). The maximum absolute atomic E-state index is 13.1. The van der Waals surface area contributed by atoms with Crippen LogP contribution in [0.25, 0.3) is 0 Å². The molecule has 2 unspecified atom stereocenters. The van der Waals surface area contributed by atoms with E-state index >= 15 is 0 Å². The number of piperidine rings is 1. The Balaban J connectivity index is 1.52. The summed E-state index contributed by atoms with van der Waals surface area (Å²) in [6.07, 6.45) is 1.93. The summed E-state index contributed by atoms with van der Waals surface area (Å²) < 4.78 is 27.8. The van der Waals surface area contributed by atoms with Gasteiger partial charge in [0, 0.05) is 51.4 Å². The number of nitrogens with one attached hydrogen (secondary N) is 1. The molecular weight excluding hydrogens is 412 g/mol. The summed E-state index contributed by atoms with van der Waals surface area (Å²) in [5.41, 5.74) is 0.399. The van der Waals surface area contributed by atoms with Crippen molar-refractivity contribution >= 4 is 15.9 Å². The van der Waals surface area contributed by atoms with E-state index in [0.717, 1.165) is 52.1 Å². The number of rotatable bonds is 8. The zero-order chi connectivity index (χ0) is 22.4. The minimum Gasteiger partial charge on any atom is -0.352 e. The van der Waals surface area contributed by atoms with Gasteiger partial charge in [0.1, 0.15) is 0 Å². The van der Waals surface area contributed by atoms with Crippen LogP contribution in [0.1, 0.15) is 44.0 Å². The van der Waals surface area contributed by atoms with Crippen LogP contribution in [0, 0.1) is 11.8 Å². The lowest BCUT2D eigenvalue weighted by atomic mass is 9.94. The zero-order valence-corrected chi connectivity index (χ0v) is 20.0. The van der Waals surface area contributed by atoms with Gasteiger partial charge < -0.3 is 15.1 Å². The molecule has 2 atom stereocenters. The first-order valence-corrected chi connectivity index (χ1v) is 13.1. The molecule has 1 aromatic carbocycles. The highest BCUT2D eigenvalue weighted by molar-refractivity contribution is 7.89. The first-order valence-electron chi connectivity index (χ1n) is 11.6. The van der Waals surface area contributed by atoms with Crippen molar-refractivity contribution in [3.8, 4) is 0 Å². The van der Waals surface area contributed by atoms with Gasteiger partial charge in [-0.3, -0.25) is 4.79 Å². The molecule has 2 aliphatic rings. The van der Waals surface area contributed by atoms with E-state index in [2.05, 4.69) is 35.9 Å². The predicted octanol–water partition coefficient (Wildman–Crippen LogP) is 2.11. The van der Waals surface area contributed by atoms with Gasteiger partial charge >= 0.3 is 0 Å². The molecule has 8 heteroatoms. The molecule has 0 aliphatic carbocycles. The van der Waals surface area contributed by atoms with Gasteiger partial charge in [-0.15, -0.1) is 0 Å². The molecule has 31 heavy (non-hydrogen) atoms. The number of likely N-dealkylation sites (N-methyl/N-ethyl adjacent to an activating group) is 1. The molecule has 1 amide bonds. The fraction of sp³-hybridized carbons (Fsp3) is 0.696. The van der Waals surface area contributed by atoms with E-state index in [4.69, 9.17) is 0 Å². The minimum absolute atomic E-state index is 0.204. The molecule has 2 aliphatic heterocycles. The molecule has 0 spiro atoms. The Labute approximate surface area is 187 Å². The molecule has 7 nitrogen and oxygen atoms in total. The summed E-state index contributed by atoms with van der Waals surface area (Å²) in [6.45, 7) is 14.5. The largest absolute Gasteiger partial charge is 0.352 e. The minimum atomic E-state index is -3.59. The maximum Gasteiger partial charge on any atom is 0.251 e. The van der Waals surface area contributed by atoms with Gasteiger partial charge in [-0.05, 0) is 56.0 Å².